The first-order valence-electron chi connectivity index (χ1n) is 8.23. The molecule has 3 N–H and O–H groups in total. The third kappa shape index (κ3) is 3.60. The minimum Gasteiger partial charge on any atom is -0.508 e. The molecule has 0 atom stereocenters. The van der Waals surface area contributed by atoms with E-state index in [4.69, 9.17) is 21.4 Å². The van der Waals surface area contributed by atoms with E-state index in [0.717, 1.165) is 36.8 Å². The van der Waals surface area contributed by atoms with Crippen LogP contribution >= 0.6 is 11.6 Å². The minimum absolute atomic E-state index is 0.253. The number of phenols is 1. The molecule has 6 nitrogen and oxygen atoms in total. The SMILES string of the molecule is Cc1cc(NC(=O)C(=O)O)cc(Cl)c1Oc1ccc(O)c2c1CCCC2. The predicted octanol–water partition coefficient (Wildman–Crippen LogP) is 4.05. The Hall–Kier alpha value is -2.73. The third-order valence-electron chi connectivity index (χ3n) is 4.36. The molecule has 0 radical (unpaired) electrons. The molecule has 0 aromatic heterocycles. The average molecular weight is 376 g/mol. The number of phenolic OH excluding ortho intramolecular Hbond substituents is 1. The highest BCUT2D eigenvalue weighted by Crippen LogP contribution is 2.41. The fourth-order valence-electron chi connectivity index (χ4n) is 3.14. The first kappa shape index (κ1) is 18.1. The van der Waals surface area contributed by atoms with Gasteiger partial charge in [0.2, 0.25) is 0 Å². The van der Waals surface area contributed by atoms with Gasteiger partial charge in [-0.1, -0.05) is 11.6 Å². The number of carbonyl (C=O) groups excluding carboxylic acids is 1. The van der Waals surface area contributed by atoms with E-state index in [1.165, 1.54) is 6.07 Å². The van der Waals surface area contributed by atoms with Crippen LogP contribution in [0.5, 0.6) is 17.2 Å². The Morgan fingerprint density at radius 1 is 1.15 bits per heavy atom. The fraction of sp³-hybridized carbons (Fsp3) is 0.263. The monoisotopic (exact) mass is 375 g/mol. The van der Waals surface area contributed by atoms with Gasteiger partial charge in [-0.25, -0.2) is 4.79 Å². The number of hydrogen-bond donors (Lipinski definition) is 3. The number of fused-ring (bicyclic) bond motifs is 1. The maximum atomic E-state index is 11.3. The van der Waals surface area contributed by atoms with Crippen LogP contribution in [0.2, 0.25) is 5.02 Å². The molecule has 26 heavy (non-hydrogen) atoms. The van der Waals surface area contributed by atoms with Gasteiger partial charge < -0.3 is 20.3 Å². The minimum atomic E-state index is -1.57. The van der Waals surface area contributed by atoms with Gasteiger partial charge in [-0.15, -0.1) is 0 Å². The average Bonchev–Trinajstić information content (AvgIpc) is 2.60. The van der Waals surface area contributed by atoms with Gasteiger partial charge in [-0.05, 0) is 62.4 Å². The number of benzene rings is 2. The van der Waals surface area contributed by atoms with Crippen molar-refractivity contribution < 1.29 is 24.5 Å². The summed E-state index contributed by atoms with van der Waals surface area (Å²) in [4.78, 5) is 21.9. The molecule has 0 bridgehead atoms. The van der Waals surface area contributed by atoms with Crippen molar-refractivity contribution in [3.05, 3.63) is 46.0 Å². The maximum absolute atomic E-state index is 11.3. The lowest BCUT2D eigenvalue weighted by Gasteiger charge is -2.21. The van der Waals surface area contributed by atoms with E-state index in [9.17, 15) is 14.7 Å². The molecular formula is C19H18ClNO5. The first-order valence-corrected chi connectivity index (χ1v) is 8.60. The van der Waals surface area contributed by atoms with Crippen LogP contribution in [0.25, 0.3) is 0 Å². The highest BCUT2D eigenvalue weighted by Gasteiger charge is 2.20. The molecule has 0 fully saturated rings. The standard InChI is InChI=1S/C19H18ClNO5/c1-10-8-11(21-18(23)19(24)25)9-14(20)17(10)26-16-7-6-15(22)12-4-2-3-5-13(12)16/h6-9,22H,2-5H2,1H3,(H,21,23)(H,24,25). The topological polar surface area (TPSA) is 95.9 Å². The van der Waals surface area contributed by atoms with E-state index in [2.05, 4.69) is 5.32 Å². The largest absolute Gasteiger partial charge is 0.508 e. The molecule has 1 aliphatic carbocycles. The zero-order chi connectivity index (χ0) is 18.8. The van der Waals surface area contributed by atoms with E-state index in [1.807, 2.05) is 0 Å². The lowest BCUT2D eigenvalue weighted by Crippen LogP contribution is -2.21. The lowest BCUT2D eigenvalue weighted by atomic mass is 9.90. The van der Waals surface area contributed by atoms with Gasteiger partial charge in [-0.3, -0.25) is 4.79 Å². The molecule has 1 aliphatic rings. The van der Waals surface area contributed by atoms with Crippen LogP contribution in [0, 0.1) is 6.92 Å². The number of rotatable bonds is 3. The zero-order valence-corrected chi connectivity index (χ0v) is 14.9. The number of aliphatic carboxylic acids is 1. The molecule has 0 saturated heterocycles. The van der Waals surface area contributed by atoms with E-state index < -0.39 is 11.9 Å². The van der Waals surface area contributed by atoms with Crippen molar-refractivity contribution in [1.29, 1.82) is 0 Å². The maximum Gasteiger partial charge on any atom is 0.394 e. The van der Waals surface area contributed by atoms with E-state index in [-0.39, 0.29) is 16.5 Å². The number of amides is 1. The number of aryl methyl sites for hydroxylation is 1. The molecular weight excluding hydrogens is 358 g/mol. The Morgan fingerprint density at radius 3 is 2.50 bits per heavy atom. The summed E-state index contributed by atoms with van der Waals surface area (Å²) in [5.41, 5.74) is 2.82. The molecule has 0 spiro atoms. The summed E-state index contributed by atoms with van der Waals surface area (Å²) in [7, 11) is 0. The Morgan fingerprint density at radius 2 is 1.85 bits per heavy atom. The number of anilines is 1. The molecule has 0 unspecified atom stereocenters. The number of hydrogen-bond acceptors (Lipinski definition) is 4. The number of carboxylic acids is 1. The smallest absolute Gasteiger partial charge is 0.394 e. The van der Waals surface area contributed by atoms with Gasteiger partial charge in [0.1, 0.15) is 17.2 Å². The second-order valence-corrected chi connectivity index (χ2v) is 6.62. The van der Waals surface area contributed by atoms with E-state index in [0.29, 0.717) is 17.1 Å². The predicted molar refractivity (Wildman–Crippen MR) is 97.3 cm³/mol. The number of aromatic hydroxyl groups is 1. The summed E-state index contributed by atoms with van der Waals surface area (Å²) in [6.07, 6.45) is 3.69. The number of carboxylic acid groups (broad SMARTS) is 1. The summed E-state index contributed by atoms with van der Waals surface area (Å²) in [6.45, 7) is 1.75. The van der Waals surface area contributed by atoms with Crippen molar-refractivity contribution >= 4 is 29.2 Å². The summed E-state index contributed by atoms with van der Waals surface area (Å²) >= 11 is 6.29. The first-order chi connectivity index (χ1) is 12.4. The Kier molecular flexibility index (Phi) is 5.04. The Labute approximate surface area is 155 Å². The Balaban J connectivity index is 1.92. The second-order valence-electron chi connectivity index (χ2n) is 6.21. The highest BCUT2D eigenvalue weighted by atomic mass is 35.5. The molecule has 0 heterocycles. The van der Waals surface area contributed by atoms with Crippen molar-refractivity contribution in [2.45, 2.75) is 32.6 Å². The van der Waals surface area contributed by atoms with Gasteiger partial charge in [-0.2, -0.15) is 0 Å². The quantitative estimate of drug-likeness (QED) is 0.703. The van der Waals surface area contributed by atoms with Crippen molar-refractivity contribution in [1.82, 2.24) is 0 Å². The number of carbonyl (C=O) groups is 2. The zero-order valence-electron chi connectivity index (χ0n) is 14.1. The molecule has 0 aliphatic heterocycles. The number of ether oxygens (including phenoxy) is 1. The molecule has 1 amide bonds. The molecule has 2 aromatic rings. The van der Waals surface area contributed by atoms with Crippen LogP contribution in [-0.4, -0.2) is 22.1 Å². The highest BCUT2D eigenvalue weighted by molar-refractivity contribution is 6.37. The Bertz CT molecular complexity index is 871. The molecule has 3 rings (SSSR count). The summed E-state index contributed by atoms with van der Waals surface area (Å²) in [5, 5.41) is 21.2. The molecule has 7 heteroatoms. The van der Waals surface area contributed by atoms with Crippen molar-refractivity contribution in [2.75, 3.05) is 5.32 Å². The van der Waals surface area contributed by atoms with Crippen molar-refractivity contribution in [3.63, 3.8) is 0 Å². The normalized spacial score (nSPS) is 13.0. The van der Waals surface area contributed by atoms with Gasteiger partial charge in [0.05, 0.1) is 5.02 Å². The van der Waals surface area contributed by atoms with Crippen LogP contribution in [0.4, 0.5) is 5.69 Å². The van der Waals surface area contributed by atoms with Gasteiger partial charge in [0.25, 0.3) is 0 Å². The fourth-order valence-corrected chi connectivity index (χ4v) is 3.44. The summed E-state index contributed by atoms with van der Waals surface area (Å²) in [5.74, 6) is -1.36. The van der Waals surface area contributed by atoms with Crippen LogP contribution in [0.15, 0.2) is 24.3 Å². The van der Waals surface area contributed by atoms with Gasteiger partial charge in [0, 0.05) is 16.8 Å². The van der Waals surface area contributed by atoms with Crippen LogP contribution < -0.4 is 10.1 Å². The van der Waals surface area contributed by atoms with Gasteiger partial charge >= 0.3 is 11.9 Å². The third-order valence-corrected chi connectivity index (χ3v) is 4.64. The van der Waals surface area contributed by atoms with E-state index >= 15 is 0 Å². The van der Waals surface area contributed by atoms with Crippen LogP contribution in [-0.2, 0) is 22.4 Å². The second kappa shape index (κ2) is 7.25. The molecule has 2 aromatic carbocycles. The lowest BCUT2D eigenvalue weighted by molar-refractivity contribution is -0.147. The van der Waals surface area contributed by atoms with E-state index in [1.54, 1.807) is 25.1 Å². The van der Waals surface area contributed by atoms with Gasteiger partial charge in [0.15, 0.2) is 0 Å². The molecule has 136 valence electrons. The van der Waals surface area contributed by atoms with Crippen molar-refractivity contribution in [2.24, 2.45) is 0 Å². The number of nitrogens with one attached hydrogen (secondary N) is 1. The summed E-state index contributed by atoms with van der Waals surface area (Å²) in [6, 6.07) is 6.37. The molecule has 0 saturated carbocycles. The summed E-state index contributed by atoms with van der Waals surface area (Å²) < 4.78 is 6.03. The number of halogens is 1. The van der Waals surface area contributed by atoms with Crippen LogP contribution in [0.3, 0.4) is 0 Å². The van der Waals surface area contributed by atoms with Crippen LogP contribution in [0.1, 0.15) is 29.5 Å². The van der Waals surface area contributed by atoms with Crippen molar-refractivity contribution in [3.8, 4) is 17.2 Å².